The van der Waals surface area contributed by atoms with Gasteiger partial charge in [0.25, 0.3) is 0 Å². The Labute approximate surface area is 163 Å². The van der Waals surface area contributed by atoms with Gasteiger partial charge in [-0.1, -0.05) is 6.07 Å². The Bertz CT molecular complexity index is 584. The van der Waals surface area contributed by atoms with Gasteiger partial charge in [-0.15, -0.1) is 0 Å². The lowest BCUT2D eigenvalue weighted by Crippen LogP contribution is -2.47. The lowest BCUT2D eigenvalue weighted by molar-refractivity contribution is 0.00990. The van der Waals surface area contributed by atoms with E-state index in [0.29, 0.717) is 12.6 Å². The Morgan fingerprint density at radius 3 is 2.63 bits per heavy atom. The molecule has 6 nitrogen and oxygen atoms in total. The van der Waals surface area contributed by atoms with Gasteiger partial charge in [0.15, 0.2) is 5.96 Å². The van der Waals surface area contributed by atoms with Crippen molar-refractivity contribution in [2.75, 3.05) is 47.1 Å². The molecule has 0 amide bonds. The molecule has 1 heterocycles. The number of nitrogens with zero attached hydrogens (tertiary/aromatic N) is 2. The van der Waals surface area contributed by atoms with Crippen molar-refractivity contribution in [3.8, 4) is 5.75 Å². The number of ether oxygens (including phenoxy) is 3. The average Bonchev–Trinajstić information content (AvgIpc) is 2.68. The Morgan fingerprint density at radius 2 is 1.96 bits per heavy atom. The fourth-order valence-electron chi connectivity index (χ4n) is 3.31. The molecule has 1 saturated heterocycles. The Morgan fingerprint density at radius 1 is 1.19 bits per heavy atom. The fourth-order valence-corrected chi connectivity index (χ4v) is 3.31. The third kappa shape index (κ3) is 7.39. The van der Waals surface area contributed by atoms with Crippen LogP contribution in [0.1, 0.15) is 37.3 Å². The van der Waals surface area contributed by atoms with Crippen LogP contribution >= 0.6 is 0 Å². The molecule has 1 aromatic rings. The molecule has 1 N–H and O–H groups in total. The van der Waals surface area contributed by atoms with Crippen molar-refractivity contribution >= 4 is 5.96 Å². The normalized spacial score (nSPS) is 15.9. The molecule has 6 heteroatoms. The first-order valence-corrected chi connectivity index (χ1v) is 9.94. The van der Waals surface area contributed by atoms with Gasteiger partial charge in [0, 0.05) is 40.0 Å². The Kier molecular flexibility index (Phi) is 9.42. The predicted octanol–water partition coefficient (Wildman–Crippen LogP) is 2.99. The predicted molar refractivity (Wildman–Crippen MR) is 110 cm³/mol. The molecular formula is C21H35N3O3. The van der Waals surface area contributed by atoms with Gasteiger partial charge in [-0.2, -0.15) is 0 Å². The first-order valence-electron chi connectivity index (χ1n) is 9.94. The van der Waals surface area contributed by atoms with Crippen molar-refractivity contribution in [1.82, 2.24) is 10.2 Å². The van der Waals surface area contributed by atoms with Gasteiger partial charge < -0.3 is 24.4 Å². The van der Waals surface area contributed by atoms with E-state index in [9.17, 15) is 0 Å². The number of guanidine groups is 1. The maximum atomic E-state index is 5.96. The molecule has 1 aliphatic rings. The zero-order chi connectivity index (χ0) is 19.5. The number of hydrogen-bond donors (Lipinski definition) is 1. The number of piperidine rings is 1. The summed E-state index contributed by atoms with van der Waals surface area (Å²) in [4.78, 5) is 7.19. The molecule has 0 bridgehead atoms. The second-order valence-corrected chi connectivity index (χ2v) is 6.93. The molecule has 0 aliphatic carbocycles. The van der Waals surface area contributed by atoms with Crippen LogP contribution in [-0.2, 0) is 16.0 Å². The first-order chi connectivity index (χ1) is 13.2. The molecular weight excluding hydrogens is 342 g/mol. The van der Waals surface area contributed by atoms with E-state index in [-0.39, 0.29) is 0 Å². The Balaban J connectivity index is 1.89. The molecule has 0 saturated carbocycles. The minimum Gasteiger partial charge on any atom is -0.497 e. The number of benzene rings is 1. The monoisotopic (exact) mass is 377 g/mol. The lowest BCUT2D eigenvalue weighted by atomic mass is 10.1. The van der Waals surface area contributed by atoms with E-state index in [2.05, 4.69) is 36.2 Å². The van der Waals surface area contributed by atoms with Gasteiger partial charge in [0.2, 0.25) is 0 Å². The summed E-state index contributed by atoms with van der Waals surface area (Å²) in [5.74, 6) is 1.87. The van der Waals surface area contributed by atoms with Crippen LogP contribution in [0, 0.1) is 6.92 Å². The van der Waals surface area contributed by atoms with Crippen molar-refractivity contribution < 1.29 is 14.2 Å². The maximum absolute atomic E-state index is 5.96. The van der Waals surface area contributed by atoms with Crippen LogP contribution in [-0.4, -0.2) is 64.0 Å². The van der Waals surface area contributed by atoms with E-state index in [1.165, 1.54) is 11.1 Å². The topological polar surface area (TPSA) is 55.3 Å². The number of rotatable bonds is 9. The zero-order valence-corrected chi connectivity index (χ0v) is 17.3. The van der Waals surface area contributed by atoms with Crippen molar-refractivity contribution in [2.24, 2.45) is 4.99 Å². The number of aryl methyl sites for hydroxylation is 1. The molecule has 0 unspecified atom stereocenters. The summed E-state index contributed by atoms with van der Waals surface area (Å²) < 4.78 is 16.4. The van der Waals surface area contributed by atoms with E-state index in [0.717, 1.165) is 63.8 Å². The third-order valence-corrected chi connectivity index (χ3v) is 4.68. The summed E-state index contributed by atoms with van der Waals surface area (Å²) in [7, 11) is 3.43. The van der Waals surface area contributed by atoms with E-state index in [4.69, 9.17) is 19.2 Å². The second-order valence-electron chi connectivity index (χ2n) is 6.93. The Hall–Kier alpha value is -1.79. The first kappa shape index (κ1) is 21.5. The molecule has 0 aromatic heterocycles. The molecule has 1 fully saturated rings. The summed E-state index contributed by atoms with van der Waals surface area (Å²) in [6.45, 7) is 9.18. The number of hydrogen-bond acceptors (Lipinski definition) is 4. The maximum Gasteiger partial charge on any atom is 0.194 e. The van der Waals surface area contributed by atoms with E-state index < -0.39 is 0 Å². The minimum absolute atomic E-state index is 0.349. The standard InChI is InChI=1S/C21H35N3O3/c1-5-22-21(23-16-18-13-17(2)14-20(15-18)26-4)24-9-7-19(8-10-24)27-12-6-11-25-3/h13-15,19H,5-12,16H2,1-4H3,(H,22,23). The smallest absolute Gasteiger partial charge is 0.194 e. The average molecular weight is 378 g/mol. The zero-order valence-electron chi connectivity index (χ0n) is 17.3. The van der Waals surface area contributed by atoms with Crippen LogP contribution in [0.25, 0.3) is 0 Å². The van der Waals surface area contributed by atoms with Crippen molar-refractivity contribution in [3.63, 3.8) is 0 Å². The highest BCUT2D eigenvalue weighted by atomic mass is 16.5. The molecule has 152 valence electrons. The van der Waals surface area contributed by atoms with Crippen LogP contribution < -0.4 is 10.1 Å². The highest BCUT2D eigenvalue weighted by Gasteiger charge is 2.21. The summed E-state index contributed by atoms with van der Waals surface area (Å²) in [5, 5.41) is 3.43. The minimum atomic E-state index is 0.349. The van der Waals surface area contributed by atoms with Crippen LogP contribution in [0.15, 0.2) is 23.2 Å². The lowest BCUT2D eigenvalue weighted by Gasteiger charge is -2.34. The van der Waals surface area contributed by atoms with E-state index >= 15 is 0 Å². The van der Waals surface area contributed by atoms with Crippen molar-refractivity contribution in [2.45, 2.75) is 45.8 Å². The molecule has 0 spiro atoms. The van der Waals surface area contributed by atoms with Crippen LogP contribution in [0.2, 0.25) is 0 Å². The molecule has 0 radical (unpaired) electrons. The summed E-state index contributed by atoms with van der Waals surface area (Å²) >= 11 is 0. The number of likely N-dealkylation sites (tertiary alicyclic amines) is 1. The van der Waals surface area contributed by atoms with Gasteiger partial charge in [0.05, 0.1) is 19.8 Å². The fraction of sp³-hybridized carbons (Fsp3) is 0.667. The van der Waals surface area contributed by atoms with E-state index in [1.54, 1.807) is 14.2 Å². The molecule has 1 aliphatic heterocycles. The summed E-state index contributed by atoms with van der Waals surface area (Å²) in [5.41, 5.74) is 2.36. The molecule has 0 atom stereocenters. The second kappa shape index (κ2) is 11.8. The van der Waals surface area contributed by atoms with Crippen molar-refractivity contribution in [1.29, 1.82) is 0 Å². The largest absolute Gasteiger partial charge is 0.497 e. The van der Waals surface area contributed by atoms with Gasteiger partial charge in [-0.3, -0.25) is 0 Å². The van der Waals surface area contributed by atoms with Gasteiger partial charge >= 0.3 is 0 Å². The number of aliphatic imine (C=N–C) groups is 1. The SMILES string of the molecule is CCNC(=NCc1cc(C)cc(OC)c1)N1CCC(OCCCOC)CC1. The van der Waals surface area contributed by atoms with Crippen LogP contribution in [0.5, 0.6) is 5.75 Å². The van der Waals surface area contributed by atoms with Crippen molar-refractivity contribution in [3.05, 3.63) is 29.3 Å². The van der Waals surface area contributed by atoms with Crippen LogP contribution in [0.4, 0.5) is 0 Å². The number of nitrogens with one attached hydrogen (secondary N) is 1. The van der Waals surface area contributed by atoms with Gasteiger partial charge in [-0.25, -0.2) is 4.99 Å². The third-order valence-electron chi connectivity index (χ3n) is 4.68. The van der Waals surface area contributed by atoms with Gasteiger partial charge in [-0.05, 0) is 56.4 Å². The highest BCUT2D eigenvalue weighted by Crippen LogP contribution is 2.18. The molecule has 1 aromatic carbocycles. The van der Waals surface area contributed by atoms with E-state index in [1.807, 2.05) is 6.07 Å². The van der Waals surface area contributed by atoms with Crippen LogP contribution in [0.3, 0.4) is 0 Å². The highest BCUT2D eigenvalue weighted by molar-refractivity contribution is 5.80. The number of methoxy groups -OCH3 is 2. The summed E-state index contributed by atoms with van der Waals surface area (Å²) in [6, 6.07) is 6.26. The quantitative estimate of drug-likeness (QED) is 0.407. The molecule has 27 heavy (non-hydrogen) atoms. The molecule has 2 rings (SSSR count). The summed E-state index contributed by atoms with van der Waals surface area (Å²) in [6.07, 6.45) is 3.38. The van der Waals surface area contributed by atoms with Gasteiger partial charge in [0.1, 0.15) is 5.75 Å².